The SMILES string of the molecule is Cc1oc(-c2ccc(C(F)(F)F)cc2)nc1CN1CCCCC1c1ccccn1. The summed E-state index contributed by atoms with van der Waals surface area (Å²) < 4.78 is 44.1. The summed E-state index contributed by atoms with van der Waals surface area (Å²) in [4.78, 5) is 11.5. The number of oxazole rings is 1. The molecule has 0 spiro atoms. The van der Waals surface area contributed by atoms with Crippen LogP contribution in [0.4, 0.5) is 13.2 Å². The lowest BCUT2D eigenvalue weighted by molar-refractivity contribution is -0.137. The average Bonchev–Trinajstić information content (AvgIpc) is 3.09. The molecule has 1 aliphatic heterocycles. The number of hydrogen-bond acceptors (Lipinski definition) is 4. The Kier molecular flexibility index (Phi) is 5.41. The fraction of sp³-hybridized carbons (Fsp3) is 0.364. The van der Waals surface area contributed by atoms with E-state index in [2.05, 4.69) is 14.9 Å². The van der Waals surface area contributed by atoms with E-state index in [1.165, 1.54) is 12.1 Å². The molecule has 0 saturated carbocycles. The molecule has 0 aliphatic carbocycles. The molecule has 1 fully saturated rings. The molecule has 2 aromatic heterocycles. The van der Waals surface area contributed by atoms with Crippen LogP contribution >= 0.6 is 0 Å². The van der Waals surface area contributed by atoms with Crippen molar-refractivity contribution in [2.45, 2.75) is 44.9 Å². The highest BCUT2D eigenvalue weighted by Crippen LogP contribution is 2.33. The number of piperidine rings is 1. The second-order valence-corrected chi connectivity index (χ2v) is 7.33. The number of rotatable bonds is 4. The third-order valence-electron chi connectivity index (χ3n) is 5.35. The van der Waals surface area contributed by atoms with Crippen molar-refractivity contribution in [1.82, 2.24) is 14.9 Å². The minimum Gasteiger partial charge on any atom is -0.441 e. The summed E-state index contributed by atoms with van der Waals surface area (Å²) in [5.41, 5.74) is 1.71. The molecule has 1 aliphatic rings. The van der Waals surface area contributed by atoms with Crippen LogP contribution in [0.5, 0.6) is 0 Å². The fourth-order valence-electron chi connectivity index (χ4n) is 3.78. The van der Waals surface area contributed by atoms with Gasteiger partial charge in [-0.15, -0.1) is 0 Å². The maximum absolute atomic E-state index is 12.8. The number of alkyl halides is 3. The van der Waals surface area contributed by atoms with Gasteiger partial charge in [0.1, 0.15) is 5.76 Å². The number of benzene rings is 1. The van der Waals surface area contributed by atoms with Gasteiger partial charge in [-0.3, -0.25) is 9.88 Å². The molecule has 1 aromatic carbocycles. The zero-order valence-electron chi connectivity index (χ0n) is 16.1. The monoisotopic (exact) mass is 401 g/mol. The van der Waals surface area contributed by atoms with Crippen LogP contribution < -0.4 is 0 Å². The summed E-state index contributed by atoms with van der Waals surface area (Å²) in [7, 11) is 0. The first kappa shape index (κ1) is 19.6. The van der Waals surface area contributed by atoms with E-state index >= 15 is 0 Å². The Morgan fingerprint density at radius 2 is 1.90 bits per heavy atom. The van der Waals surface area contributed by atoms with Crippen molar-refractivity contribution >= 4 is 0 Å². The number of aromatic nitrogens is 2. The van der Waals surface area contributed by atoms with Crippen molar-refractivity contribution in [2.75, 3.05) is 6.54 Å². The zero-order chi connectivity index (χ0) is 20.4. The summed E-state index contributed by atoms with van der Waals surface area (Å²) in [6.45, 7) is 3.41. The van der Waals surface area contributed by atoms with Crippen LogP contribution in [-0.4, -0.2) is 21.4 Å². The molecule has 4 nitrogen and oxygen atoms in total. The van der Waals surface area contributed by atoms with E-state index in [9.17, 15) is 13.2 Å². The predicted molar refractivity (Wildman–Crippen MR) is 103 cm³/mol. The van der Waals surface area contributed by atoms with Gasteiger partial charge < -0.3 is 4.42 Å². The molecule has 1 unspecified atom stereocenters. The van der Waals surface area contributed by atoms with Crippen LogP contribution in [0.3, 0.4) is 0 Å². The molecule has 1 saturated heterocycles. The smallest absolute Gasteiger partial charge is 0.416 e. The number of halogens is 3. The zero-order valence-corrected chi connectivity index (χ0v) is 16.1. The number of nitrogens with zero attached hydrogens (tertiary/aromatic N) is 3. The van der Waals surface area contributed by atoms with Crippen molar-refractivity contribution < 1.29 is 17.6 Å². The van der Waals surface area contributed by atoms with Gasteiger partial charge in [0.2, 0.25) is 5.89 Å². The van der Waals surface area contributed by atoms with Gasteiger partial charge in [-0.2, -0.15) is 13.2 Å². The van der Waals surface area contributed by atoms with Gasteiger partial charge in [0.15, 0.2) is 0 Å². The van der Waals surface area contributed by atoms with Crippen LogP contribution in [0, 0.1) is 6.92 Å². The summed E-state index contributed by atoms with van der Waals surface area (Å²) in [5.74, 6) is 1.03. The molecule has 7 heteroatoms. The molecule has 4 rings (SSSR count). The molecule has 29 heavy (non-hydrogen) atoms. The third kappa shape index (κ3) is 4.34. The lowest BCUT2D eigenvalue weighted by Gasteiger charge is -2.34. The Balaban J connectivity index is 1.55. The van der Waals surface area contributed by atoms with Crippen LogP contribution in [0.1, 0.15) is 48.0 Å². The quantitative estimate of drug-likeness (QED) is 0.555. The minimum absolute atomic E-state index is 0.232. The maximum Gasteiger partial charge on any atom is 0.416 e. The highest BCUT2D eigenvalue weighted by molar-refractivity contribution is 5.54. The normalized spacial score (nSPS) is 18.1. The fourth-order valence-corrected chi connectivity index (χ4v) is 3.78. The number of pyridine rings is 1. The molecule has 0 bridgehead atoms. The lowest BCUT2D eigenvalue weighted by atomic mass is 9.98. The van der Waals surface area contributed by atoms with E-state index in [1.54, 1.807) is 0 Å². The number of aryl methyl sites for hydroxylation is 1. The summed E-state index contributed by atoms with van der Waals surface area (Å²) >= 11 is 0. The Hall–Kier alpha value is -2.67. The Morgan fingerprint density at radius 3 is 2.59 bits per heavy atom. The molecule has 1 atom stereocenters. The van der Waals surface area contributed by atoms with E-state index in [1.807, 2.05) is 31.3 Å². The van der Waals surface area contributed by atoms with Gasteiger partial charge in [-0.05, 0) is 62.7 Å². The molecule has 0 amide bonds. The molecule has 152 valence electrons. The Morgan fingerprint density at radius 1 is 1.10 bits per heavy atom. The summed E-state index contributed by atoms with van der Waals surface area (Å²) in [6, 6.07) is 11.1. The first-order chi connectivity index (χ1) is 13.9. The third-order valence-corrected chi connectivity index (χ3v) is 5.35. The summed E-state index contributed by atoms with van der Waals surface area (Å²) in [6.07, 6.45) is 0.773. The first-order valence-corrected chi connectivity index (χ1v) is 9.71. The Labute approximate surface area is 167 Å². The van der Waals surface area contributed by atoms with Crippen LogP contribution in [0.15, 0.2) is 53.1 Å². The minimum atomic E-state index is -4.36. The van der Waals surface area contributed by atoms with Crippen LogP contribution in [-0.2, 0) is 12.7 Å². The van der Waals surface area contributed by atoms with Gasteiger partial charge >= 0.3 is 6.18 Å². The first-order valence-electron chi connectivity index (χ1n) is 9.71. The highest BCUT2D eigenvalue weighted by atomic mass is 19.4. The van der Waals surface area contributed by atoms with E-state index in [-0.39, 0.29) is 6.04 Å². The second kappa shape index (κ2) is 7.99. The number of hydrogen-bond donors (Lipinski definition) is 0. The number of likely N-dealkylation sites (tertiary alicyclic amines) is 1. The summed E-state index contributed by atoms with van der Waals surface area (Å²) in [5, 5.41) is 0. The topological polar surface area (TPSA) is 42.2 Å². The van der Waals surface area contributed by atoms with Crippen LogP contribution in [0.2, 0.25) is 0 Å². The molecule has 3 heterocycles. The molecule has 0 N–H and O–H groups in total. The van der Waals surface area contributed by atoms with Crippen LogP contribution in [0.25, 0.3) is 11.5 Å². The largest absolute Gasteiger partial charge is 0.441 e. The molecule has 0 radical (unpaired) electrons. The Bertz CT molecular complexity index is 952. The van der Waals surface area contributed by atoms with Gasteiger partial charge in [0.05, 0.1) is 23.0 Å². The van der Waals surface area contributed by atoms with Gasteiger partial charge in [0.25, 0.3) is 0 Å². The van der Waals surface area contributed by atoms with Crippen molar-refractivity contribution in [2.24, 2.45) is 0 Å². The van der Waals surface area contributed by atoms with E-state index in [4.69, 9.17) is 4.42 Å². The van der Waals surface area contributed by atoms with Gasteiger partial charge in [-0.25, -0.2) is 4.98 Å². The van der Waals surface area contributed by atoms with Gasteiger partial charge in [0, 0.05) is 18.3 Å². The van der Waals surface area contributed by atoms with Crippen molar-refractivity contribution in [3.05, 3.63) is 71.4 Å². The van der Waals surface area contributed by atoms with E-state index in [0.29, 0.717) is 23.8 Å². The standard InChI is InChI=1S/C22H22F3N3O/c1-15-19(14-28-13-5-3-7-20(28)18-6-2-4-12-26-18)27-21(29-15)16-8-10-17(11-9-16)22(23,24)25/h2,4,6,8-12,20H,3,5,7,13-14H2,1H3. The molecule has 3 aromatic rings. The highest BCUT2D eigenvalue weighted by Gasteiger charge is 2.30. The maximum atomic E-state index is 12.8. The molecular formula is C22H22F3N3O. The second-order valence-electron chi connectivity index (χ2n) is 7.33. The van der Waals surface area contributed by atoms with Crippen molar-refractivity contribution in [1.29, 1.82) is 0 Å². The predicted octanol–water partition coefficient (Wildman–Crippen LogP) is 5.79. The van der Waals surface area contributed by atoms with E-state index in [0.717, 1.165) is 49.3 Å². The van der Waals surface area contributed by atoms with Gasteiger partial charge in [-0.1, -0.05) is 12.5 Å². The average molecular weight is 401 g/mol. The van der Waals surface area contributed by atoms with Crippen molar-refractivity contribution in [3.63, 3.8) is 0 Å². The van der Waals surface area contributed by atoms with E-state index < -0.39 is 11.7 Å². The lowest BCUT2D eigenvalue weighted by Crippen LogP contribution is -2.33. The van der Waals surface area contributed by atoms with Crippen molar-refractivity contribution in [3.8, 4) is 11.5 Å². The molecular weight excluding hydrogens is 379 g/mol.